The number of hydrogen-bond acceptors (Lipinski definition) is 3. The first-order chi connectivity index (χ1) is 10.8. The molecular weight excluding hydrogens is 312 g/mol. The maximum atomic E-state index is 12.5. The Morgan fingerprint density at radius 2 is 2.04 bits per heavy atom. The highest BCUT2D eigenvalue weighted by molar-refractivity contribution is 5.85. The molecule has 0 aliphatic carbocycles. The molecule has 0 aromatic heterocycles. The first kappa shape index (κ1) is 19.9. The molecule has 1 heterocycles. The van der Waals surface area contributed by atoms with Crippen LogP contribution < -0.4 is 5.32 Å². The third kappa shape index (κ3) is 5.79. The van der Waals surface area contributed by atoms with E-state index in [1.807, 2.05) is 4.90 Å². The van der Waals surface area contributed by atoms with Crippen LogP contribution in [0.5, 0.6) is 0 Å². The molecule has 0 bridgehead atoms. The van der Waals surface area contributed by atoms with Crippen molar-refractivity contribution in [3.8, 4) is 0 Å². The summed E-state index contributed by atoms with van der Waals surface area (Å²) in [6.07, 6.45) is 3.51. The lowest BCUT2D eigenvalue weighted by molar-refractivity contribution is -0.134. The molecule has 1 aliphatic heterocycles. The Morgan fingerprint density at radius 3 is 2.70 bits per heavy atom. The van der Waals surface area contributed by atoms with Crippen LogP contribution >= 0.6 is 12.4 Å². The highest BCUT2D eigenvalue weighted by Gasteiger charge is 2.27. The minimum Gasteiger partial charge on any atom is -0.385 e. The van der Waals surface area contributed by atoms with Crippen molar-refractivity contribution in [3.05, 3.63) is 35.4 Å². The highest BCUT2D eigenvalue weighted by Crippen LogP contribution is 2.24. The molecule has 1 atom stereocenters. The maximum absolute atomic E-state index is 12.5. The smallest absolute Gasteiger partial charge is 0.223 e. The third-order valence-electron chi connectivity index (χ3n) is 4.33. The molecule has 1 aromatic carbocycles. The van der Waals surface area contributed by atoms with E-state index in [1.165, 1.54) is 11.1 Å². The monoisotopic (exact) mass is 340 g/mol. The fourth-order valence-corrected chi connectivity index (χ4v) is 2.94. The van der Waals surface area contributed by atoms with E-state index in [1.54, 1.807) is 7.11 Å². The number of carbonyl (C=O) groups excluding carboxylic acids is 1. The maximum Gasteiger partial charge on any atom is 0.223 e. The van der Waals surface area contributed by atoms with Gasteiger partial charge in [0.25, 0.3) is 0 Å². The summed E-state index contributed by atoms with van der Waals surface area (Å²) in [4.78, 5) is 14.6. The van der Waals surface area contributed by atoms with Crippen molar-refractivity contribution in [2.45, 2.75) is 38.6 Å². The number of nitrogens with one attached hydrogen (secondary N) is 1. The Balaban J connectivity index is 0.00000264. The molecule has 5 heteroatoms. The van der Waals surface area contributed by atoms with Crippen molar-refractivity contribution in [2.24, 2.45) is 0 Å². The van der Waals surface area contributed by atoms with Gasteiger partial charge in [-0.3, -0.25) is 4.79 Å². The average molecular weight is 341 g/mol. The van der Waals surface area contributed by atoms with Crippen molar-refractivity contribution < 1.29 is 9.53 Å². The van der Waals surface area contributed by atoms with Gasteiger partial charge in [-0.1, -0.05) is 31.2 Å². The first-order valence-corrected chi connectivity index (χ1v) is 8.34. The number of benzene rings is 1. The number of carbonyl (C=O) groups is 1. The zero-order valence-corrected chi connectivity index (χ0v) is 15.0. The van der Waals surface area contributed by atoms with Crippen LogP contribution in [0, 0.1) is 0 Å². The number of halogens is 1. The van der Waals surface area contributed by atoms with Gasteiger partial charge in [0.05, 0.1) is 6.04 Å². The number of piperazine rings is 1. The molecule has 1 aromatic rings. The summed E-state index contributed by atoms with van der Waals surface area (Å²) in [5, 5.41) is 3.41. The van der Waals surface area contributed by atoms with Crippen LogP contribution in [0.4, 0.5) is 0 Å². The van der Waals surface area contributed by atoms with Gasteiger partial charge in [0, 0.05) is 39.8 Å². The molecule has 130 valence electrons. The van der Waals surface area contributed by atoms with Crippen LogP contribution in [0.3, 0.4) is 0 Å². The van der Waals surface area contributed by atoms with Gasteiger partial charge in [-0.15, -0.1) is 12.4 Å². The quantitative estimate of drug-likeness (QED) is 0.776. The van der Waals surface area contributed by atoms with Crippen LogP contribution in [-0.4, -0.2) is 44.2 Å². The Morgan fingerprint density at radius 1 is 1.30 bits per heavy atom. The van der Waals surface area contributed by atoms with E-state index in [0.29, 0.717) is 6.42 Å². The lowest BCUT2D eigenvalue weighted by Gasteiger charge is -2.36. The molecule has 2 rings (SSSR count). The second-order valence-corrected chi connectivity index (χ2v) is 5.85. The highest BCUT2D eigenvalue weighted by atomic mass is 35.5. The number of amides is 1. The zero-order chi connectivity index (χ0) is 15.8. The first-order valence-electron chi connectivity index (χ1n) is 8.34. The molecule has 1 fully saturated rings. The molecule has 23 heavy (non-hydrogen) atoms. The fraction of sp³-hybridized carbons (Fsp3) is 0.611. The lowest BCUT2D eigenvalue weighted by Crippen LogP contribution is -2.48. The van der Waals surface area contributed by atoms with Crippen molar-refractivity contribution in [2.75, 3.05) is 33.4 Å². The van der Waals surface area contributed by atoms with Gasteiger partial charge in [-0.25, -0.2) is 0 Å². The standard InChI is InChI=1S/C18H28N2O2.ClH/c1-3-15-7-9-16(10-8-15)17-14-19-11-12-20(17)18(21)6-4-5-13-22-2;/h7-10,17,19H,3-6,11-14H2,1-2H3;1H. The van der Waals surface area contributed by atoms with E-state index < -0.39 is 0 Å². The number of rotatable bonds is 7. The third-order valence-corrected chi connectivity index (χ3v) is 4.33. The van der Waals surface area contributed by atoms with E-state index in [4.69, 9.17) is 4.74 Å². The molecule has 0 radical (unpaired) electrons. The molecule has 1 unspecified atom stereocenters. The van der Waals surface area contributed by atoms with Crippen LogP contribution in [0.25, 0.3) is 0 Å². The van der Waals surface area contributed by atoms with Gasteiger partial charge in [0.1, 0.15) is 0 Å². The fourth-order valence-electron chi connectivity index (χ4n) is 2.94. The average Bonchev–Trinajstić information content (AvgIpc) is 2.58. The SMILES string of the molecule is CCc1ccc(C2CNCCN2C(=O)CCCCOC)cc1.Cl. The summed E-state index contributed by atoms with van der Waals surface area (Å²) in [7, 11) is 1.70. The number of ether oxygens (including phenoxy) is 1. The lowest BCUT2D eigenvalue weighted by atomic mass is 10.0. The van der Waals surface area contributed by atoms with E-state index in [-0.39, 0.29) is 24.4 Å². The minimum atomic E-state index is 0. The van der Waals surface area contributed by atoms with Crippen molar-refractivity contribution >= 4 is 18.3 Å². The summed E-state index contributed by atoms with van der Waals surface area (Å²) >= 11 is 0. The van der Waals surface area contributed by atoms with Crippen LogP contribution in [0.2, 0.25) is 0 Å². The molecule has 1 N–H and O–H groups in total. The molecule has 1 amide bonds. The van der Waals surface area contributed by atoms with Gasteiger partial charge in [0.15, 0.2) is 0 Å². The molecule has 0 saturated carbocycles. The summed E-state index contributed by atoms with van der Waals surface area (Å²) < 4.78 is 5.05. The minimum absolute atomic E-state index is 0. The second-order valence-electron chi connectivity index (χ2n) is 5.85. The predicted molar refractivity (Wildman–Crippen MR) is 96.1 cm³/mol. The van der Waals surface area contributed by atoms with Gasteiger partial charge >= 0.3 is 0 Å². The number of aryl methyl sites for hydroxylation is 1. The number of methoxy groups -OCH3 is 1. The molecule has 0 spiro atoms. The molecule has 1 saturated heterocycles. The van der Waals surface area contributed by atoms with Crippen LogP contribution in [0.1, 0.15) is 43.4 Å². The molecular formula is C18H29ClN2O2. The molecule has 1 aliphatic rings. The Labute approximate surface area is 146 Å². The molecule has 4 nitrogen and oxygen atoms in total. The van der Waals surface area contributed by atoms with E-state index in [9.17, 15) is 4.79 Å². The summed E-state index contributed by atoms with van der Waals surface area (Å²) in [6, 6.07) is 8.84. The van der Waals surface area contributed by atoms with Crippen molar-refractivity contribution in [3.63, 3.8) is 0 Å². The van der Waals surface area contributed by atoms with Gasteiger partial charge in [-0.2, -0.15) is 0 Å². The normalized spacial score (nSPS) is 17.7. The summed E-state index contributed by atoms with van der Waals surface area (Å²) in [6.45, 7) is 5.41. The Hall–Kier alpha value is -1.10. The topological polar surface area (TPSA) is 41.6 Å². The number of unbranched alkanes of at least 4 members (excludes halogenated alkanes) is 1. The Kier molecular flexibility index (Phi) is 9.22. The van der Waals surface area contributed by atoms with Crippen molar-refractivity contribution in [1.29, 1.82) is 0 Å². The second kappa shape index (κ2) is 10.6. The van der Waals surface area contributed by atoms with Crippen molar-refractivity contribution in [1.82, 2.24) is 10.2 Å². The zero-order valence-electron chi connectivity index (χ0n) is 14.2. The van der Waals surface area contributed by atoms with E-state index in [0.717, 1.165) is 45.5 Å². The van der Waals surface area contributed by atoms with Gasteiger partial charge in [-0.05, 0) is 30.4 Å². The predicted octanol–water partition coefficient (Wildman–Crippen LogP) is 2.96. The Bertz CT molecular complexity index is 465. The number of nitrogens with zero attached hydrogens (tertiary/aromatic N) is 1. The van der Waals surface area contributed by atoms with Crippen LogP contribution in [0.15, 0.2) is 24.3 Å². The largest absolute Gasteiger partial charge is 0.385 e. The summed E-state index contributed by atoms with van der Waals surface area (Å²) in [5.41, 5.74) is 2.57. The van der Waals surface area contributed by atoms with E-state index in [2.05, 4.69) is 36.5 Å². The van der Waals surface area contributed by atoms with Gasteiger partial charge < -0.3 is 15.0 Å². The van der Waals surface area contributed by atoms with Gasteiger partial charge in [0.2, 0.25) is 5.91 Å². The van der Waals surface area contributed by atoms with Crippen LogP contribution in [-0.2, 0) is 16.0 Å². The van der Waals surface area contributed by atoms with E-state index >= 15 is 0 Å². The number of hydrogen-bond donors (Lipinski definition) is 1. The summed E-state index contributed by atoms with van der Waals surface area (Å²) in [5.74, 6) is 0.266.